The van der Waals surface area contributed by atoms with E-state index in [-0.39, 0.29) is 29.3 Å². The molecule has 0 aliphatic rings. The van der Waals surface area contributed by atoms with Crippen molar-refractivity contribution < 1.29 is 9.66 Å². The SMILES string of the molecule is COCn1c(C(C)C)nc(C(C)C)c1[N+](=O)[O-]. The minimum absolute atomic E-state index is 0.0195. The van der Waals surface area contributed by atoms with Crippen LogP contribution in [0, 0.1) is 10.1 Å². The highest BCUT2D eigenvalue weighted by Gasteiger charge is 2.29. The van der Waals surface area contributed by atoms with Crippen molar-refractivity contribution in [1.82, 2.24) is 9.55 Å². The van der Waals surface area contributed by atoms with E-state index in [2.05, 4.69) is 4.98 Å². The number of hydrogen-bond donors (Lipinski definition) is 0. The van der Waals surface area contributed by atoms with Gasteiger partial charge in [-0.1, -0.05) is 27.7 Å². The molecule has 1 aromatic rings. The Hall–Kier alpha value is -1.43. The summed E-state index contributed by atoms with van der Waals surface area (Å²) in [5, 5.41) is 11.1. The van der Waals surface area contributed by atoms with E-state index in [4.69, 9.17) is 4.74 Å². The van der Waals surface area contributed by atoms with Crippen LogP contribution in [0.1, 0.15) is 51.0 Å². The van der Waals surface area contributed by atoms with Crippen molar-refractivity contribution in [2.75, 3.05) is 7.11 Å². The maximum atomic E-state index is 11.1. The van der Waals surface area contributed by atoms with Gasteiger partial charge in [0.2, 0.25) is 5.82 Å². The van der Waals surface area contributed by atoms with E-state index in [9.17, 15) is 10.1 Å². The van der Waals surface area contributed by atoms with Crippen molar-refractivity contribution >= 4 is 5.82 Å². The lowest BCUT2D eigenvalue weighted by atomic mass is 10.1. The summed E-state index contributed by atoms with van der Waals surface area (Å²) in [6, 6.07) is 0. The molecule has 0 saturated carbocycles. The summed E-state index contributed by atoms with van der Waals surface area (Å²) < 4.78 is 6.56. The average Bonchev–Trinajstić information content (AvgIpc) is 2.57. The summed E-state index contributed by atoms with van der Waals surface area (Å²) >= 11 is 0. The van der Waals surface area contributed by atoms with Gasteiger partial charge in [0.15, 0.2) is 6.73 Å². The molecule has 0 aromatic carbocycles. The fraction of sp³-hybridized carbons (Fsp3) is 0.727. The summed E-state index contributed by atoms with van der Waals surface area (Å²) in [5.41, 5.74) is 0.524. The zero-order chi connectivity index (χ0) is 13.2. The first kappa shape index (κ1) is 13.6. The molecule has 0 aliphatic carbocycles. The third-order valence-electron chi connectivity index (χ3n) is 2.49. The number of nitro groups is 1. The van der Waals surface area contributed by atoms with Gasteiger partial charge >= 0.3 is 5.82 Å². The predicted molar refractivity (Wildman–Crippen MR) is 64.1 cm³/mol. The normalized spacial score (nSPS) is 11.5. The van der Waals surface area contributed by atoms with Crippen LogP contribution in [0.15, 0.2) is 0 Å². The summed E-state index contributed by atoms with van der Waals surface area (Å²) in [4.78, 5) is 15.2. The first-order valence-corrected chi connectivity index (χ1v) is 5.63. The number of methoxy groups -OCH3 is 1. The molecule has 1 aromatic heterocycles. The van der Waals surface area contributed by atoms with Gasteiger partial charge in [-0.3, -0.25) is 0 Å². The van der Waals surface area contributed by atoms with Crippen LogP contribution in [0.3, 0.4) is 0 Å². The highest BCUT2D eigenvalue weighted by Crippen LogP contribution is 2.30. The van der Waals surface area contributed by atoms with E-state index in [0.717, 1.165) is 0 Å². The number of rotatable bonds is 5. The minimum Gasteiger partial charge on any atom is -0.358 e. The average molecular weight is 241 g/mol. The van der Waals surface area contributed by atoms with Crippen LogP contribution in [0.25, 0.3) is 0 Å². The second-order valence-corrected chi connectivity index (χ2v) is 4.59. The summed E-state index contributed by atoms with van der Waals surface area (Å²) in [6.45, 7) is 7.88. The highest BCUT2D eigenvalue weighted by atomic mass is 16.6. The van der Waals surface area contributed by atoms with Gasteiger partial charge in [0, 0.05) is 18.9 Å². The van der Waals surface area contributed by atoms with Crippen molar-refractivity contribution in [3.63, 3.8) is 0 Å². The fourth-order valence-corrected chi connectivity index (χ4v) is 1.76. The molecule has 0 bridgehead atoms. The molecule has 0 N–H and O–H groups in total. The lowest BCUT2D eigenvalue weighted by Gasteiger charge is -2.05. The zero-order valence-corrected chi connectivity index (χ0v) is 10.9. The summed E-state index contributed by atoms with van der Waals surface area (Å²) in [7, 11) is 1.52. The van der Waals surface area contributed by atoms with E-state index in [1.807, 2.05) is 27.7 Å². The molecule has 1 heterocycles. The molecular formula is C11H19N3O3. The Kier molecular flexibility index (Phi) is 4.22. The van der Waals surface area contributed by atoms with E-state index in [1.54, 1.807) is 4.57 Å². The summed E-state index contributed by atoms with van der Waals surface area (Å²) in [6.07, 6.45) is 0. The van der Waals surface area contributed by atoms with Crippen LogP contribution in [-0.4, -0.2) is 21.6 Å². The lowest BCUT2D eigenvalue weighted by Crippen LogP contribution is -2.10. The van der Waals surface area contributed by atoms with Gasteiger partial charge in [0.05, 0.1) is 0 Å². The molecule has 0 radical (unpaired) electrons. The second kappa shape index (κ2) is 5.27. The van der Waals surface area contributed by atoms with Gasteiger partial charge < -0.3 is 14.9 Å². The standard InChI is InChI=1S/C11H19N3O3/c1-7(2)9-11(14(15)16)13(6-17-5)10(12-9)8(3)4/h7-8H,6H2,1-5H3. The summed E-state index contributed by atoms with van der Waals surface area (Å²) in [5.74, 6) is 0.884. The zero-order valence-electron chi connectivity index (χ0n) is 10.9. The highest BCUT2D eigenvalue weighted by molar-refractivity contribution is 5.34. The number of nitrogens with zero attached hydrogens (tertiary/aromatic N) is 3. The van der Waals surface area contributed by atoms with Crippen LogP contribution < -0.4 is 0 Å². The molecule has 0 atom stereocenters. The molecule has 17 heavy (non-hydrogen) atoms. The van der Waals surface area contributed by atoms with Crippen molar-refractivity contribution in [2.45, 2.75) is 46.3 Å². The minimum atomic E-state index is -0.382. The van der Waals surface area contributed by atoms with E-state index in [1.165, 1.54) is 7.11 Å². The topological polar surface area (TPSA) is 70.2 Å². The molecule has 6 nitrogen and oxygen atoms in total. The van der Waals surface area contributed by atoms with Gasteiger partial charge in [0.1, 0.15) is 5.69 Å². The fourth-order valence-electron chi connectivity index (χ4n) is 1.76. The largest absolute Gasteiger partial charge is 0.358 e. The smallest absolute Gasteiger partial charge is 0.348 e. The van der Waals surface area contributed by atoms with Crippen LogP contribution >= 0.6 is 0 Å². The molecule has 0 fully saturated rings. The maximum Gasteiger partial charge on any atom is 0.348 e. The lowest BCUT2D eigenvalue weighted by molar-refractivity contribution is -0.394. The van der Waals surface area contributed by atoms with Crippen LogP contribution in [0.2, 0.25) is 0 Å². The van der Waals surface area contributed by atoms with Crippen LogP contribution in [0.5, 0.6) is 0 Å². The third kappa shape index (κ3) is 2.63. The van der Waals surface area contributed by atoms with Crippen molar-refractivity contribution in [1.29, 1.82) is 0 Å². The van der Waals surface area contributed by atoms with Crippen molar-refractivity contribution in [3.8, 4) is 0 Å². The molecule has 0 aliphatic heterocycles. The number of imidazole rings is 1. The molecule has 0 unspecified atom stereocenters. The Morgan fingerprint density at radius 3 is 2.29 bits per heavy atom. The first-order chi connectivity index (χ1) is 7.90. The van der Waals surface area contributed by atoms with E-state index in [0.29, 0.717) is 11.5 Å². The number of aromatic nitrogens is 2. The number of ether oxygens (including phenoxy) is 1. The molecular weight excluding hydrogens is 222 g/mol. The molecule has 0 spiro atoms. The van der Waals surface area contributed by atoms with Crippen LogP contribution in [0.4, 0.5) is 5.82 Å². The van der Waals surface area contributed by atoms with Crippen molar-refractivity contribution in [2.24, 2.45) is 0 Å². The Bertz CT molecular complexity index is 410. The second-order valence-electron chi connectivity index (χ2n) is 4.59. The van der Waals surface area contributed by atoms with E-state index >= 15 is 0 Å². The molecule has 1 rings (SSSR count). The first-order valence-electron chi connectivity index (χ1n) is 5.63. The Morgan fingerprint density at radius 1 is 1.35 bits per heavy atom. The van der Waals surface area contributed by atoms with E-state index < -0.39 is 0 Å². The quantitative estimate of drug-likeness (QED) is 0.587. The molecule has 0 amide bonds. The molecule has 96 valence electrons. The van der Waals surface area contributed by atoms with Gasteiger partial charge in [-0.15, -0.1) is 0 Å². The van der Waals surface area contributed by atoms with Gasteiger partial charge in [-0.2, -0.15) is 4.57 Å². The van der Waals surface area contributed by atoms with Crippen LogP contribution in [-0.2, 0) is 11.5 Å². The Morgan fingerprint density at radius 2 is 1.94 bits per heavy atom. The molecule has 6 heteroatoms. The van der Waals surface area contributed by atoms with Gasteiger partial charge in [-0.05, 0) is 4.92 Å². The van der Waals surface area contributed by atoms with Crippen molar-refractivity contribution in [3.05, 3.63) is 21.6 Å². The monoisotopic (exact) mass is 241 g/mol. The molecule has 0 saturated heterocycles. The number of hydrogen-bond acceptors (Lipinski definition) is 4. The van der Waals surface area contributed by atoms with Gasteiger partial charge in [0.25, 0.3) is 0 Å². The Balaban J connectivity index is 3.43. The Labute approximate surface area is 101 Å². The predicted octanol–water partition coefficient (Wildman–Crippen LogP) is 2.64. The third-order valence-corrected chi connectivity index (χ3v) is 2.49. The van der Waals surface area contributed by atoms with Gasteiger partial charge in [-0.25, -0.2) is 4.98 Å². The maximum absolute atomic E-state index is 11.1.